The molecule has 5 nitrogen and oxygen atoms in total. The predicted octanol–water partition coefficient (Wildman–Crippen LogP) is 2.92. The van der Waals surface area contributed by atoms with Gasteiger partial charge in [0.05, 0.1) is 33.3 Å². The lowest BCUT2D eigenvalue weighted by molar-refractivity contribution is -0.139. The summed E-state index contributed by atoms with van der Waals surface area (Å²) in [5.74, 6) is -1.06. The Balaban J connectivity index is 2.08. The highest BCUT2D eigenvalue weighted by Crippen LogP contribution is 2.33. The van der Waals surface area contributed by atoms with E-state index in [0.717, 1.165) is 16.7 Å². The van der Waals surface area contributed by atoms with Crippen LogP contribution in [0.25, 0.3) is 0 Å². The van der Waals surface area contributed by atoms with E-state index in [0.29, 0.717) is 10.7 Å². The molecule has 118 valence electrons. The molecule has 1 aliphatic rings. The molecule has 0 aromatic heterocycles. The van der Waals surface area contributed by atoms with Crippen molar-refractivity contribution in [3.05, 3.63) is 28.2 Å². The zero-order chi connectivity index (χ0) is 16.3. The van der Waals surface area contributed by atoms with Gasteiger partial charge in [-0.3, -0.25) is 14.4 Å². The number of ether oxygens (including phenoxy) is 1. The summed E-state index contributed by atoms with van der Waals surface area (Å²) in [4.78, 5) is 36.8. The van der Waals surface area contributed by atoms with Gasteiger partial charge in [0.1, 0.15) is 0 Å². The molecule has 1 heterocycles. The number of esters is 1. The van der Waals surface area contributed by atoms with Crippen LogP contribution in [0, 0.1) is 0 Å². The van der Waals surface area contributed by atoms with Gasteiger partial charge in [-0.05, 0) is 25.1 Å². The van der Waals surface area contributed by atoms with Gasteiger partial charge in [0.2, 0.25) is 11.8 Å². The van der Waals surface area contributed by atoms with Crippen molar-refractivity contribution >= 4 is 58.4 Å². The Bertz CT molecular complexity index is 623. The number of carbonyl (C=O) groups is 3. The highest BCUT2D eigenvalue weighted by molar-refractivity contribution is 8.01. The molecule has 0 saturated carbocycles. The number of carbonyl (C=O) groups excluding carboxylic acids is 3. The van der Waals surface area contributed by atoms with Gasteiger partial charge in [0.25, 0.3) is 0 Å². The van der Waals surface area contributed by atoms with Crippen LogP contribution in [0.1, 0.15) is 13.3 Å². The molecule has 0 aliphatic carbocycles. The Kier molecular flexibility index (Phi) is 5.72. The SMILES string of the molecule is CCOC(=O)CS[C@@H]1CC(=O)N(c2ccc(Cl)c(Cl)c2)C1=O. The van der Waals surface area contributed by atoms with Gasteiger partial charge in [-0.25, -0.2) is 4.90 Å². The van der Waals surface area contributed by atoms with E-state index in [1.807, 2.05) is 0 Å². The summed E-state index contributed by atoms with van der Waals surface area (Å²) in [5, 5.41) is 0.0199. The standard InChI is InChI=1S/C14H13Cl2NO4S/c1-2-21-13(19)7-22-11-6-12(18)17(14(11)20)8-3-4-9(15)10(16)5-8/h3-5,11H,2,6-7H2,1H3/t11-/m1/s1. The average molecular weight is 362 g/mol. The van der Waals surface area contributed by atoms with Crippen molar-refractivity contribution in [1.82, 2.24) is 0 Å². The summed E-state index contributed by atoms with van der Waals surface area (Å²) in [5.41, 5.74) is 0.378. The number of hydrogen-bond acceptors (Lipinski definition) is 5. The minimum absolute atomic E-state index is 0.0345. The Morgan fingerprint density at radius 1 is 1.36 bits per heavy atom. The van der Waals surface area contributed by atoms with Crippen LogP contribution >= 0.6 is 35.0 Å². The van der Waals surface area contributed by atoms with Crippen LogP contribution in [0.3, 0.4) is 0 Å². The van der Waals surface area contributed by atoms with E-state index in [4.69, 9.17) is 27.9 Å². The van der Waals surface area contributed by atoms with Gasteiger partial charge in [0.15, 0.2) is 0 Å². The first-order valence-electron chi connectivity index (χ1n) is 6.53. The monoisotopic (exact) mass is 361 g/mol. The van der Waals surface area contributed by atoms with E-state index < -0.39 is 11.2 Å². The van der Waals surface area contributed by atoms with Crippen molar-refractivity contribution in [2.24, 2.45) is 0 Å². The maximum absolute atomic E-state index is 12.3. The number of benzene rings is 1. The van der Waals surface area contributed by atoms with Crippen molar-refractivity contribution in [3.63, 3.8) is 0 Å². The minimum Gasteiger partial charge on any atom is -0.465 e. The van der Waals surface area contributed by atoms with Gasteiger partial charge in [0, 0.05) is 6.42 Å². The second-order valence-corrected chi connectivity index (χ2v) is 6.48. The Labute approximate surface area is 141 Å². The Morgan fingerprint density at radius 2 is 2.09 bits per heavy atom. The van der Waals surface area contributed by atoms with E-state index in [1.165, 1.54) is 12.1 Å². The number of nitrogens with zero attached hydrogens (tertiary/aromatic N) is 1. The fourth-order valence-electron chi connectivity index (χ4n) is 2.00. The molecule has 1 atom stereocenters. The number of imide groups is 1. The lowest BCUT2D eigenvalue weighted by Gasteiger charge is -2.15. The molecule has 8 heteroatoms. The Hall–Kier alpha value is -1.24. The van der Waals surface area contributed by atoms with Crippen LogP contribution < -0.4 is 4.90 Å². The smallest absolute Gasteiger partial charge is 0.315 e. The van der Waals surface area contributed by atoms with E-state index >= 15 is 0 Å². The summed E-state index contributed by atoms with van der Waals surface area (Å²) in [6, 6.07) is 4.55. The summed E-state index contributed by atoms with van der Waals surface area (Å²) < 4.78 is 4.80. The van der Waals surface area contributed by atoms with E-state index in [9.17, 15) is 14.4 Å². The third-order valence-corrected chi connectivity index (χ3v) is 4.89. The number of thioether (sulfide) groups is 1. The molecular weight excluding hydrogens is 349 g/mol. The number of rotatable bonds is 5. The largest absolute Gasteiger partial charge is 0.465 e. The molecule has 0 bridgehead atoms. The minimum atomic E-state index is -0.591. The fourth-order valence-corrected chi connectivity index (χ4v) is 3.22. The lowest BCUT2D eigenvalue weighted by Crippen LogP contribution is -2.31. The number of amides is 2. The molecule has 22 heavy (non-hydrogen) atoms. The van der Waals surface area contributed by atoms with Crippen LogP contribution in [0.2, 0.25) is 10.0 Å². The second kappa shape index (κ2) is 7.35. The van der Waals surface area contributed by atoms with Crippen molar-refractivity contribution in [2.75, 3.05) is 17.3 Å². The van der Waals surface area contributed by atoms with Crippen LogP contribution in [0.5, 0.6) is 0 Å². The maximum atomic E-state index is 12.3. The molecule has 1 aromatic rings. The summed E-state index contributed by atoms with van der Waals surface area (Å²) >= 11 is 12.8. The van der Waals surface area contributed by atoms with Gasteiger partial charge >= 0.3 is 5.97 Å². The zero-order valence-corrected chi connectivity index (χ0v) is 14.0. The first-order chi connectivity index (χ1) is 10.4. The van der Waals surface area contributed by atoms with E-state index in [1.54, 1.807) is 13.0 Å². The van der Waals surface area contributed by atoms with Crippen molar-refractivity contribution < 1.29 is 19.1 Å². The molecule has 0 radical (unpaired) electrons. The van der Waals surface area contributed by atoms with Gasteiger partial charge < -0.3 is 4.74 Å². The van der Waals surface area contributed by atoms with Crippen LogP contribution in [-0.4, -0.2) is 35.4 Å². The third-order valence-electron chi connectivity index (χ3n) is 2.97. The number of halogens is 2. The van der Waals surface area contributed by atoms with Crippen LogP contribution in [0.4, 0.5) is 5.69 Å². The van der Waals surface area contributed by atoms with E-state index in [2.05, 4.69) is 0 Å². The van der Waals surface area contributed by atoms with Crippen LogP contribution in [-0.2, 0) is 19.1 Å². The Morgan fingerprint density at radius 3 is 2.73 bits per heavy atom. The third kappa shape index (κ3) is 3.74. The zero-order valence-electron chi connectivity index (χ0n) is 11.7. The fraction of sp³-hybridized carbons (Fsp3) is 0.357. The van der Waals surface area contributed by atoms with Gasteiger partial charge in [-0.15, -0.1) is 11.8 Å². The molecule has 2 rings (SSSR count). The summed E-state index contributed by atoms with van der Waals surface area (Å²) in [7, 11) is 0. The van der Waals surface area contributed by atoms with Gasteiger partial charge in [-0.2, -0.15) is 0 Å². The first-order valence-corrected chi connectivity index (χ1v) is 8.33. The molecule has 1 fully saturated rings. The molecular formula is C14H13Cl2NO4S. The average Bonchev–Trinajstić information content (AvgIpc) is 2.75. The normalized spacial score (nSPS) is 18.0. The lowest BCUT2D eigenvalue weighted by atomic mass is 10.3. The second-order valence-electron chi connectivity index (χ2n) is 4.47. The molecule has 1 aromatic carbocycles. The number of anilines is 1. The summed E-state index contributed by atoms with van der Waals surface area (Å²) in [6.07, 6.45) is 0.0448. The van der Waals surface area contributed by atoms with Crippen LogP contribution in [0.15, 0.2) is 18.2 Å². The highest BCUT2D eigenvalue weighted by Gasteiger charge is 2.40. The molecule has 0 unspecified atom stereocenters. The number of hydrogen-bond donors (Lipinski definition) is 0. The quantitative estimate of drug-likeness (QED) is 0.595. The maximum Gasteiger partial charge on any atom is 0.315 e. The molecule has 2 amide bonds. The highest BCUT2D eigenvalue weighted by atomic mass is 35.5. The first kappa shape index (κ1) is 17.1. The molecule has 0 N–H and O–H groups in total. The van der Waals surface area contributed by atoms with Crippen molar-refractivity contribution in [1.29, 1.82) is 0 Å². The van der Waals surface area contributed by atoms with Crippen molar-refractivity contribution in [3.8, 4) is 0 Å². The van der Waals surface area contributed by atoms with E-state index in [-0.39, 0.29) is 35.6 Å². The summed E-state index contributed by atoms with van der Waals surface area (Å²) in [6.45, 7) is 1.99. The predicted molar refractivity (Wildman–Crippen MR) is 86.5 cm³/mol. The van der Waals surface area contributed by atoms with Crippen molar-refractivity contribution in [2.45, 2.75) is 18.6 Å². The molecule has 1 saturated heterocycles. The topological polar surface area (TPSA) is 63.7 Å². The molecule has 0 spiro atoms. The molecule has 1 aliphatic heterocycles. The van der Waals surface area contributed by atoms with Gasteiger partial charge in [-0.1, -0.05) is 23.2 Å².